The number of rotatable bonds is 4. The fourth-order valence-electron chi connectivity index (χ4n) is 3.99. The molecule has 1 saturated heterocycles. The standard InChI is InChI=1S/C24H21FN2O2/c25-19-10-8-18(9-11-19)22-14-20-23(29-22)15-21(24(28)26-12-4-5-13-26)27(20)16-17-6-2-1-3-7-17/h1-3,6-11,14-15H,4-5,12-13,16H2. The van der Waals surface area contributed by atoms with Crippen LogP contribution in [0.3, 0.4) is 0 Å². The molecule has 0 radical (unpaired) electrons. The van der Waals surface area contributed by atoms with Crippen LogP contribution in [-0.4, -0.2) is 28.5 Å². The summed E-state index contributed by atoms with van der Waals surface area (Å²) in [5.41, 5.74) is 4.11. The normalized spacial score (nSPS) is 14.0. The maximum absolute atomic E-state index is 13.3. The summed E-state index contributed by atoms with van der Waals surface area (Å²) in [6.07, 6.45) is 2.10. The second-order valence-electron chi connectivity index (χ2n) is 7.47. The Hall–Kier alpha value is -3.34. The van der Waals surface area contributed by atoms with Gasteiger partial charge in [0, 0.05) is 37.3 Å². The Labute approximate surface area is 168 Å². The van der Waals surface area contributed by atoms with E-state index in [9.17, 15) is 9.18 Å². The molecule has 1 aliphatic heterocycles. The van der Waals surface area contributed by atoms with Crippen LogP contribution in [0.1, 0.15) is 28.9 Å². The molecule has 0 unspecified atom stereocenters. The van der Waals surface area contributed by atoms with Crippen LogP contribution in [0.4, 0.5) is 4.39 Å². The molecule has 0 aliphatic carbocycles. The number of amides is 1. The van der Waals surface area contributed by atoms with Crippen LogP contribution in [0.2, 0.25) is 0 Å². The van der Waals surface area contributed by atoms with Crippen LogP contribution in [0.15, 0.2) is 71.1 Å². The van der Waals surface area contributed by atoms with Gasteiger partial charge in [-0.1, -0.05) is 30.3 Å². The highest BCUT2D eigenvalue weighted by atomic mass is 19.1. The van der Waals surface area contributed by atoms with E-state index in [-0.39, 0.29) is 11.7 Å². The molecule has 29 heavy (non-hydrogen) atoms. The van der Waals surface area contributed by atoms with Crippen molar-refractivity contribution in [3.8, 4) is 11.3 Å². The van der Waals surface area contributed by atoms with E-state index in [4.69, 9.17) is 4.42 Å². The van der Waals surface area contributed by atoms with Crippen LogP contribution in [0, 0.1) is 5.82 Å². The predicted molar refractivity (Wildman–Crippen MR) is 110 cm³/mol. The highest BCUT2D eigenvalue weighted by Gasteiger charge is 2.25. The van der Waals surface area contributed by atoms with Crippen molar-refractivity contribution in [2.45, 2.75) is 19.4 Å². The summed E-state index contributed by atoms with van der Waals surface area (Å²) in [5, 5.41) is 0. The fraction of sp³-hybridized carbons (Fsp3) is 0.208. The van der Waals surface area contributed by atoms with Gasteiger partial charge in [-0.15, -0.1) is 0 Å². The lowest BCUT2D eigenvalue weighted by molar-refractivity contribution is 0.0783. The number of halogens is 1. The van der Waals surface area contributed by atoms with Crippen molar-refractivity contribution in [3.05, 3.63) is 83.8 Å². The van der Waals surface area contributed by atoms with Gasteiger partial charge in [0.2, 0.25) is 0 Å². The molecule has 5 rings (SSSR count). The topological polar surface area (TPSA) is 38.4 Å². The summed E-state index contributed by atoms with van der Waals surface area (Å²) in [6.45, 7) is 2.19. The second kappa shape index (κ2) is 7.24. The SMILES string of the molecule is O=C(c1cc2oc(-c3ccc(F)cc3)cc2n1Cc1ccccc1)N1CCCC1. The largest absolute Gasteiger partial charge is 0.454 e. The first-order valence-corrected chi connectivity index (χ1v) is 9.91. The van der Waals surface area contributed by atoms with E-state index in [1.165, 1.54) is 12.1 Å². The first-order valence-electron chi connectivity index (χ1n) is 9.91. The Morgan fingerprint density at radius 2 is 1.69 bits per heavy atom. The monoisotopic (exact) mass is 388 g/mol. The summed E-state index contributed by atoms with van der Waals surface area (Å²) >= 11 is 0. The first kappa shape index (κ1) is 17.7. The maximum atomic E-state index is 13.3. The molecule has 4 nitrogen and oxygen atoms in total. The zero-order valence-corrected chi connectivity index (χ0v) is 16.0. The van der Waals surface area contributed by atoms with Crippen LogP contribution in [0.25, 0.3) is 22.4 Å². The molecular weight excluding hydrogens is 367 g/mol. The van der Waals surface area contributed by atoms with Gasteiger partial charge in [-0.2, -0.15) is 0 Å². The third kappa shape index (κ3) is 3.33. The highest BCUT2D eigenvalue weighted by Crippen LogP contribution is 2.32. The number of hydrogen-bond acceptors (Lipinski definition) is 2. The number of aromatic nitrogens is 1. The first-order chi connectivity index (χ1) is 14.2. The summed E-state index contributed by atoms with van der Waals surface area (Å²) in [6, 6.07) is 20.1. The Morgan fingerprint density at radius 1 is 0.966 bits per heavy atom. The molecule has 5 heteroatoms. The third-order valence-corrected chi connectivity index (χ3v) is 5.51. The van der Waals surface area contributed by atoms with E-state index in [1.54, 1.807) is 12.1 Å². The van der Waals surface area contributed by atoms with Gasteiger partial charge in [0.15, 0.2) is 5.58 Å². The number of likely N-dealkylation sites (tertiary alicyclic amines) is 1. The number of fused-ring (bicyclic) bond motifs is 1. The number of carbonyl (C=O) groups is 1. The quantitative estimate of drug-likeness (QED) is 0.474. The van der Waals surface area contributed by atoms with E-state index in [0.717, 1.165) is 42.6 Å². The third-order valence-electron chi connectivity index (χ3n) is 5.51. The number of nitrogens with zero attached hydrogens (tertiary/aromatic N) is 2. The van der Waals surface area contributed by atoms with Gasteiger partial charge in [0.25, 0.3) is 5.91 Å². The summed E-state index contributed by atoms with van der Waals surface area (Å²) in [4.78, 5) is 15.1. The summed E-state index contributed by atoms with van der Waals surface area (Å²) in [7, 11) is 0. The second-order valence-corrected chi connectivity index (χ2v) is 7.47. The lowest BCUT2D eigenvalue weighted by Gasteiger charge is -2.17. The van der Waals surface area contributed by atoms with Crippen LogP contribution in [0.5, 0.6) is 0 Å². The van der Waals surface area contributed by atoms with Crippen molar-refractivity contribution < 1.29 is 13.6 Å². The molecule has 2 aromatic carbocycles. The number of hydrogen-bond donors (Lipinski definition) is 0. The number of benzene rings is 2. The number of carbonyl (C=O) groups excluding carboxylic acids is 1. The summed E-state index contributed by atoms with van der Waals surface area (Å²) < 4.78 is 21.3. The van der Waals surface area contributed by atoms with Gasteiger partial charge in [-0.05, 0) is 42.7 Å². The van der Waals surface area contributed by atoms with Gasteiger partial charge in [-0.25, -0.2) is 4.39 Å². The molecule has 1 amide bonds. The average molecular weight is 388 g/mol. The van der Waals surface area contributed by atoms with Crippen LogP contribution >= 0.6 is 0 Å². The molecule has 3 heterocycles. The van der Waals surface area contributed by atoms with Gasteiger partial charge < -0.3 is 13.9 Å². The molecule has 4 aromatic rings. The Bertz CT molecular complexity index is 1150. The Balaban J connectivity index is 1.59. The predicted octanol–water partition coefficient (Wildman–Crippen LogP) is 5.32. The zero-order valence-electron chi connectivity index (χ0n) is 16.0. The maximum Gasteiger partial charge on any atom is 0.270 e. The smallest absolute Gasteiger partial charge is 0.270 e. The fourth-order valence-corrected chi connectivity index (χ4v) is 3.99. The van der Waals surface area contributed by atoms with E-state index in [1.807, 2.05) is 39.8 Å². The molecule has 146 valence electrons. The molecular formula is C24H21FN2O2. The molecule has 0 N–H and O–H groups in total. The van der Waals surface area contributed by atoms with Gasteiger partial charge in [-0.3, -0.25) is 4.79 Å². The van der Waals surface area contributed by atoms with E-state index >= 15 is 0 Å². The van der Waals surface area contributed by atoms with Crippen molar-refractivity contribution in [1.82, 2.24) is 9.47 Å². The molecule has 0 saturated carbocycles. The van der Waals surface area contributed by atoms with Crippen molar-refractivity contribution in [3.63, 3.8) is 0 Å². The molecule has 1 aliphatic rings. The van der Waals surface area contributed by atoms with Crippen molar-refractivity contribution in [1.29, 1.82) is 0 Å². The minimum Gasteiger partial charge on any atom is -0.454 e. The van der Waals surface area contributed by atoms with Gasteiger partial charge >= 0.3 is 0 Å². The lowest BCUT2D eigenvalue weighted by atomic mass is 10.2. The lowest BCUT2D eigenvalue weighted by Crippen LogP contribution is -2.29. The zero-order chi connectivity index (χ0) is 19.8. The summed E-state index contributed by atoms with van der Waals surface area (Å²) in [5.74, 6) is 0.432. The molecule has 0 atom stereocenters. The van der Waals surface area contributed by atoms with Crippen molar-refractivity contribution in [2.24, 2.45) is 0 Å². The molecule has 2 aromatic heterocycles. The van der Waals surface area contributed by atoms with Crippen LogP contribution in [-0.2, 0) is 6.54 Å². The Morgan fingerprint density at radius 3 is 2.41 bits per heavy atom. The van der Waals surface area contributed by atoms with Gasteiger partial charge in [0.1, 0.15) is 17.3 Å². The van der Waals surface area contributed by atoms with E-state index in [0.29, 0.717) is 23.6 Å². The Kier molecular flexibility index (Phi) is 4.43. The molecule has 0 spiro atoms. The highest BCUT2D eigenvalue weighted by molar-refractivity contribution is 5.98. The van der Waals surface area contributed by atoms with Crippen molar-refractivity contribution in [2.75, 3.05) is 13.1 Å². The minimum atomic E-state index is -0.281. The van der Waals surface area contributed by atoms with Crippen LogP contribution < -0.4 is 0 Å². The van der Waals surface area contributed by atoms with E-state index < -0.39 is 0 Å². The van der Waals surface area contributed by atoms with Crippen molar-refractivity contribution >= 4 is 17.0 Å². The minimum absolute atomic E-state index is 0.0492. The van der Waals surface area contributed by atoms with E-state index in [2.05, 4.69) is 12.1 Å². The molecule has 0 bridgehead atoms. The average Bonchev–Trinajstić information content (AvgIpc) is 3.47. The van der Waals surface area contributed by atoms with Gasteiger partial charge in [0.05, 0.1) is 5.52 Å². The number of furan rings is 1. The molecule has 1 fully saturated rings.